The lowest BCUT2D eigenvalue weighted by atomic mass is 10.0. The zero-order valence-electron chi connectivity index (χ0n) is 15.7. The Morgan fingerprint density at radius 1 is 1.21 bits per heavy atom. The van der Waals surface area contributed by atoms with Gasteiger partial charge in [-0.3, -0.25) is 9.78 Å². The van der Waals surface area contributed by atoms with Crippen molar-refractivity contribution in [2.45, 2.75) is 32.1 Å². The Labute approximate surface area is 168 Å². The van der Waals surface area contributed by atoms with Crippen LogP contribution in [0.15, 0.2) is 36.0 Å². The zero-order valence-corrected chi connectivity index (χ0v) is 16.5. The summed E-state index contributed by atoms with van der Waals surface area (Å²) in [5.74, 6) is -0.117. The SMILES string of the molecule is O=C(NCCCCCC1CCN(C(=O)c2sccc2F)C1)Nc1ccncc1. The molecule has 0 radical (unpaired) electrons. The molecular formula is C20H25FN4O2S. The second-order valence-electron chi connectivity index (χ2n) is 6.97. The molecule has 2 N–H and O–H groups in total. The minimum absolute atomic E-state index is 0.181. The summed E-state index contributed by atoms with van der Waals surface area (Å²) in [6, 6.07) is 4.61. The smallest absolute Gasteiger partial charge is 0.319 e. The number of amides is 3. The van der Waals surface area contributed by atoms with Gasteiger partial charge < -0.3 is 15.5 Å². The maximum absolute atomic E-state index is 13.6. The molecule has 28 heavy (non-hydrogen) atoms. The number of anilines is 1. The molecule has 0 spiro atoms. The lowest BCUT2D eigenvalue weighted by molar-refractivity contribution is 0.0787. The van der Waals surface area contributed by atoms with E-state index in [1.807, 2.05) is 0 Å². The van der Waals surface area contributed by atoms with Gasteiger partial charge in [-0.05, 0) is 48.8 Å². The van der Waals surface area contributed by atoms with E-state index < -0.39 is 5.82 Å². The first-order chi connectivity index (χ1) is 13.6. The number of hydrogen-bond acceptors (Lipinski definition) is 4. The Hall–Kier alpha value is -2.48. The highest BCUT2D eigenvalue weighted by Gasteiger charge is 2.28. The number of hydrogen-bond donors (Lipinski definition) is 2. The summed E-state index contributed by atoms with van der Waals surface area (Å²) in [6.07, 6.45) is 8.30. The number of rotatable bonds is 8. The van der Waals surface area contributed by atoms with Crippen molar-refractivity contribution in [2.24, 2.45) is 5.92 Å². The van der Waals surface area contributed by atoms with Crippen LogP contribution in [-0.4, -0.2) is 41.5 Å². The molecule has 2 aromatic heterocycles. The van der Waals surface area contributed by atoms with Crippen molar-refractivity contribution in [3.63, 3.8) is 0 Å². The number of nitrogens with zero attached hydrogens (tertiary/aromatic N) is 2. The van der Waals surface area contributed by atoms with Crippen LogP contribution in [0.3, 0.4) is 0 Å². The van der Waals surface area contributed by atoms with Crippen LogP contribution in [0.4, 0.5) is 14.9 Å². The molecule has 150 valence electrons. The first-order valence-corrected chi connectivity index (χ1v) is 10.5. The highest BCUT2D eigenvalue weighted by atomic mass is 32.1. The molecule has 6 nitrogen and oxygen atoms in total. The van der Waals surface area contributed by atoms with Crippen LogP contribution in [0.2, 0.25) is 0 Å². The third-order valence-corrected chi connectivity index (χ3v) is 5.77. The van der Waals surface area contributed by atoms with E-state index >= 15 is 0 Å². The normalized spacial score (nSPS) is 16.2. The van der Waals surface area contributed by atoms with Crippen molar-refractivity contribution in [1.29, 1.82) is 0 Å². The van der Waals surface area contributed by atoms with E-state index in [4.69, 9.17) is 0 Å². The average molecular weight is 405 g/mol. The summed E-state index contributed by atoms with van der Waals surface area (Å²) in [7, 11) is 0. The molecule has 3 amide bonds. The lowest BCUT2D eigenvalue weighted by Crippen LogP contribution is -2.29. The van der Waals surface area contributed by atoms with Crippen molar-refractivity contribution >= 4 is 29.0 Å². The van der Waals surface area contributed by atoms with E-state index in [0.29, 0.717) is 25.6 Å². The number of urea groups is 1. The summed E-state index contributed by atoms with van der Waals surface area (Å²) in [5, 5.41) is 7.21. The Morgan fingerprint density at radius 3 is 2.79 bits per heavy atom. The molecule has 1 saturated heterocycles. The largest absolute Gasteiger partial charge is 0.338 e. The first-order valence-electron chi connectivity index (χ1n) is 9.60. The maximum atomic E-state index is 13.6. The van der Waals surface area contributed by atoms with Gasteiger partial charge in [0.05, 0.1) is 0 Å². The Bertz CT molecular complexity index is 784. The van der Waals surface area contributed by atoms with Crippen LogP contribution in [0.1, 0.15) is 41.8 Å². The predicted molar refractivity (Wildman–Crippen MR) is 108 cm³/mol. The molecule has 3 heterocycles. The molecule has 0 aliphatic carbocycles. The number of carbonyl (C=O) groups is 2. The van der Waals surface area contributed by atoms with Gasteiger partial charge in [0.25, 0.3) is 5.91 Å². The van der Waals surface area contributed by atoms with E-state index in [2.05, 4.69) is 15.6 Å². The highest BCUT2D eigenvalue weighted by molar-refractivity contribution is 7.12. The van der Waals surface area contributed by atoms with Crippen molar-refractivity contribution < 1.29 is 14.0 Å². The van der Waals surface area contributed by atoms with E-state index in [1.54, 1.807) is 34.8 Å². The van der Waals surface area contributed by atoms with Crippen molar-refractivity contribution in [3.8, 4) is 0 Å². The molecule has 0 bridgehead atoms. The molecule has 0 aromatic carbocycles. The first kappa shape index (κ1) is 20.3. The average Bonchev–Trinajstić information content (AvgIpc) is 3.34. The highest BCUT2D eigenvalue weighted by Crippen LogP contribution is 2.25. The van der Waals surface area contributed by atoms with E-state index in [1.165, 1.54) is 17.4 Å². The number of halogens is 1. The lowest BCUT2D eigenvalue weighted by Gasteiger charge is -2.15. The quantitative estimate of drug-likeness (QED) is 0.650. The zero-order chi connectivity index (χ0) is 19.8. The minimum Gasteiger partial charge on any atom is -0.338 e. The van der Waals surface area contributed by atoms with Gasteiger partial charge in [0, 0.05) is 37.7 Å². The Balaban J connectivity index is 1.26. The van der Waals surface area contributed by atoms with Crippen LogP contribution >= 0.6 is 11.3 Å². The summed E-state index contributed by atoms with van der Waals surface area (Å²) in [4.78, 5) is 30.0. The topological polar surface area (TPSA) is 74.3 Å². The molecule has 1 unspecified atom stereocenters. The van der Waals surface area contributed by atoms with Gasteiger partial charge >= 0.3 is 6.03 Å². The van der Waals surface area contributed by atoms with Crippen LogP contribution in [0.5, 0.6) is 0 Å². The fourth-order valence-corrected chi connectivity index (χ4v) is 4.12. The molecule has 1 aliphatic heterocycles. The van der Waals surface area contributed by atoms with E-state index in [0.717, 1.165) is 37.8 Å². The number of aromatic nitrogens is 1. The second kappa shape index (κ2) is 10.2. The van der Waals surface area contributed by atoms with Crippen LogP contribution in [0, 0.1) is 11.7 Å². The third kappa shape index (κ3) is 5.76. The van der Waals surface area contributed by atoms with Gasteiger partial charge in [-0.2, -0.15) is 0 Å². The van der Waals surface area contributed by atoms with E-state index in [9.17, 15) is 14.0 Å². The molecule has 2 aromatic rings. The summed E-state index contributed by atoms with van der Waals surface area (Å²) >= 11 is 1.17. The van der Waals surface area contributed by atoms with Crippen LogP contribution in [0.25, 0.3) is 0 Å². The molecule has 1 fully saturated rings. The van der Waals surface area contributed by atoms with Crippen molar-refractivity contribution in [1.82, 2.24) is 15.2 Å². The Morgan fingerprint density at radius 2 is 2.04 bits per heavy atom. The van der Waals surface area contributed by atoms with Gasteiger partial charge in [-0.25, -0.2) is 9.18 Å². The number of carbonyl (C=O) groups excluding carboxylic acids is 2. The summed E-state index contributed by atoms with van der Waals surface area (Å²) in [6.45, 7) is 2.05. The number of unbranched alkanes of at least 4 members (excludes halogenated alkanes) is 2. The van der Waals surface area contributed by atoms with Gasteiger partial charge in [0.1, 0.15) is 10.7 Å². The third-order valence-electron chi connectivity index (χ3n) is 4.90. The molecule has 3 rings (SSSR count). The Kier molecular flexibility index (Phi) is 7.36. The second-order valence-corrected chi connectivity index (χ2v) is 7.89. The number of pyridine rings is 1. The van der Waals surface area contributed by atoms with Crippen molar-refractivity contribution in [2.75, 3.05) is 25.0 Å². The molecule has 1 atom stereocenters. The number of thiophene rings is 1. The predicted octanol–water partition coefficient (Wildman–Crippen LogP) is 4.13. The van der Waals surface area contributed by atoms with Crippen LogP contribution in [-0.2, 0) is 0 Å². The summed E-state index contributed by atoms with van der Waals surface area (Å²) < 4.78 is 13.6. The van der Waals surface area contributed by atoms with Gasteiger partial charge in [0.15, 0.2) is 0 Å². The fourth-order valence-electron chi connectivity index (χ4n) is 3.39. The summed E-state index contributed by atoms with van der Waals surface area (Å²) in [5.41, 5.74) is 0.718. The van der Waals surface area contributed by atoms with Crippen molar-refractivity contribution in [3.05, 3.63) is 46.7 Å². The minimum atomic E-state index is -0.418. The number of nitrogens with one attached hydrogen (secondary N) is 2. The monoisotopic (exact) mass is 404 g/mol. The fraction of sp³-hybridized carbons (Fsp3) is 0.450. The van der Waals surface area contributed by atoms with Gasteiger partial charge in [0.2, 0.25) is 0 Å². The van der Waals surface area contributed by atoms with Gasteiger partial charge in [-0.15, -0.1) is 11.3 Å². The van der Waals surface area contributed by atoms with E-state index in [-0.39, 0.29) is 16.8 Å². The maximum Gasteiger partial charge on any atom is 0.319 e. The molecule has 1 aliphatic rings. The van der Waals surface area contributed by atoms with Gasteiger partial charge in [-0.1, -0.05) is 12.8 Å². The van der Waals surface area contributed by atoms with Crippen LogP contribution < -0.4 is 10.6 Å². The molecule has 8 heteroatoms. The molecule has 0 saturated carbocycles. The standard InChI is InChI=1S/C20H25FN4O2S/c21-17-8-13-28-18(17)19(26)25-12-7-15(14-25)4-2-1-3-9-23-20(27)24-16-5-10-22-11-6-16/h5-6,8,10-11,13,15H,1-4,7,9,12,14H2,(H2,22,23,24,27). The number of likely N-dealkylation sites (tertiary alicyclic amines) is 1. The molecular weight excluding hydrogens is 379 g/mol.